The molecule has 1 amide bonds. The topological polar surface area (TPSA) is 78.5 Å². The van der Waals surface area contributed by atoms with Gasteiger partial charge >= 0.3 is 0 Å². The van der Waals surface area contributed by atoms with Crippen molar-refractivity contribution in [2.45, 2.75) is 37.6 Å². The highest BCUT2D eigenvalue weighted by Crippen LogP contribution is 2.46. The molecule has 0 atom stereocenters. The van der Waals surface area contributed by atoms with E-state index in [1.54, 1.807) is 0 Å². The summed E-state index contributed by atoms with van der Waals surface area (Å²) in [6.07, 6.45) is 3.26. The summed E-state index contributed by atoms with van der Waals surface area (Å²) in [5.74, 6) is 0.712. The minimum absolute atomic E-state index is 0.0929. The number of amides is 1. The van der Waals surface area contributed by atoms with Gasteiger partial charge in [0.05, 0.1) is 30.9 Å². The number of H-pyrrole nitrogens is 1. The second kappa shape index (κ2) is 7.71. The number of aromatic amines is 1. The number of benzene rings is 1. The zero-order valence-corrected chi connectivity index (χ0v) is 17.6. The average molecular weight is 429 g/mol. The van der Waals surface area contributed by atoms with Crippen LogP contribution in [0.2, 0.25) is 5.02 Å². The van der Waals surface area contributed by atoms with E-state index in [1.807, 2.05) is 34.1 Å². The molecule has 1 saturated carbocycles. The first-order valence-electron chi connectivity index (χ1n) is 10.6. The number of carbonyl (C=O) groups excluding carboxylic acids is 1. The van der Waals surface area contributed by atoms with E-state index in [9.17, 15) is 9.59 Å². The molecule has 2 fully saturated rings. The highest BCUT2D eigenvalue weighted by Gasteiger charge is 2.48. The maximum atomic E-state index is 13.6. The molecule has 158 valence electrons. The van der Waals surface area contributed by atoms with Crippen LogP contribution in [-0.2, 0) is 27.9 Å². The number of aromatic nitrogens is 2. The normalized spacial score (nSPS) is 20.4. The van der Waals surface area contributed by atoms with Crippen molar-refractivity contribution in [3.63, 3.8) is 0 Å². The monoisotopic (exact) mass is 428 g/mol. The lowest BCUT2D eigenvalue weighted by Crippen LogP contribution is -2.52. The maximum Gasteiger partial charge on any atom is 0.255 e. The standard InChI is InChI=1S/C22H25ClN4O3/c23-16-4-2-15(3-5-16)22(7-1-8-22)20(29)27-9-6-17-18(14-27)24-21(25-19(17)28)26-10-12-30-13-11-26/h2-5H,1,6-14H2,(H,24,25,28). The van der Waals surface area contributed by atoms with Crippen molar-refractivity contribution in [1.82, 2.24) is 14.9 Å². The van der Waals surface area contributed by atoms with Crippen molar-refractivity contribution in [2.24, 2.45) is 0 Å². The van der Waals surface area contributed by atoms with E-state index in [1.165, 1.54) is 0 Å². The van der Waals surface area contributed by atoms with Crippen LogP contribution in [0.5, 0.6) is 0 Å². The number of anilines is 1. The van der Waals surface area contributed by atoms with Crippen LogP contribution in [0.25, 0.3) is 0 Å². The number of nitrogens with one attached hydrogen (secondary N) is 1. The van der Waals surface area contributed by atoms with E-state index in [0.717, 1.165) is 24.8 Å². The number of carbonyl (C=O) groups is 1. The zero-order chi connectivity index (χ0) is 20.7. The second-order valence-electron chi connectivity index (χ2n) is 8.33. The van der Waals surface area contributed by atoms with Crippen LogP contribution in [-0.4, -0.2) is 53.6 Å². The predicted molar refractivity (Wildman–Crippen MR) is 114 cm³/mol. The Morgan fingerprint density at radius 2 is 1.87 bits per heavy atom. The van der Waals surface area contributed by atoms with E-state index >= 15 is 0 Å². The van der Waals surface area contributed by atoms with Gasteiger partial charge in [0.2, 0.25) is 11.9 Å². The fourth-order valence-electron chi connectivity index (χ4n) is 4.75. The molecule has 7 nitrogen and oxygen atoms in total. The van der Waals surface area contributed by atoms with Gasteiger partial charge in [0, 0.05) is 30.2 Å². The summed E-state index contributed by atoms with van der Waals surface area (Å²) < 4.78 is 5.40. The molecule has 8 heteroatoms. The molecule has 2 aromatic rings. The third kappa shape index (κ3) is 3.30. The lowest BCUT2D eigenvalue weighted by molar-refractivity contribution is -0.142. The van der Waals surface area contributed by atoms with Crippen molar-refractivity contribution < 1.29 is 9.53 Å². The summed E-state index contributed by atoms with van der Waals surface area (Å²) in [6, 6.07) is 7.64. The Balaban J connectivity index is 1.42. The number of halogens is 1. The van der Waals surface area contributed by atoms with Crippen LogP contribution in [0.15, 0.2) is 29.1 Å². The Morgan fingerprint density at radius 1 is 1.13 bits per heavy atom. The molecular formula is C22H25ClN4O3. The van der Waals surface area contributed by atoms with Crippen LogP contribution in [0, 0.1) is 0 Å². The number of hydrogen-bond donors (Lipinski definition) is 1. The first-order valence-corrected chi connectivity index (χ1v) is 10.9. The maximum absolute atomic E-state index is 13.6. The Labute approximate surface area is 180 Å². The van der Waals surface area contributed by atoms with Gasteiger partial charge in [-0.3, -0.25) is 14.6 Å². The molecule has 3 aliphatic rings. The second-order valence-corrected chi connectivity index (χ2v) is 8.77. The van der Waals surface area contributed by atoms with Gasteiger partial charge in [-0.1, -0.05) is 30.2 Å². The highest BCUT2D eigenvalue weighted by molar-refractivity contribution is 6.30. The van der Waals surface area contributed by atoms with Crippen molar-refractivity contribution in [2.75, 3.05) is 37.7 Å². The molecule has 0 bridgehead atoms. The van der Waals surface area contributed by atoms with E-state index in [-0.39, 0.29) is 11.5 Å². The van der Waals surface area contributed by atoms with Crippen molar-refractivity contribution in [1.29, 1.82) is 0 Å². The molecule has 1 aromatic heterocycles. The Bertz CT molecular complexity index is 1010. The van der Waals surface area contributed by atoms with Crippen molar-refractivity contribution >= 4 is 23.5 Å². The summed E-state index contributed by atoms with van der Waals surface area (Å²) >= 11 is 6.05. The zero-order valence-electron chi connectivity index (χ0n) is 16.8. The third-order valence-electron chi connectivity index (χ3n) is 6.67. The first-order chi connectivity index (χ1) is 14.6. The molecule has 0 unspecified atom stereocenters. The van der Waals surface area contributed by atoms with Crippen LogP contribution in [0.1, 0.15) is 36.1 Å². The molecule has 1 saturated heterocycles. The molecule has 3 heterocycles. The summed E-state index contributed by atoms with van der Waals surface area (Å²) in [5, 5.41) is 0.673. The van der Waals surface area contributed by atoms with Gasteiger partial charge in [0.25, 0.3) is 5.56 Å². The van der Waals surface area contributed by atoms with Gasteiger partial charge in [-0.05, 0) is 37.0 Å². The largest absolute Gasteiger partial charge is 0.378 e. The molecule has 1 aliphatic carbocycles. The van der Waals surface area contributed by atoms with Gasteiger partial charge in [-0.2, -0.15) is 0 Å². The number of morpholine rings is 1. The lowest BCUT2D eigenvalue weighted by Gasteiger charge is -2.45. The molecule has 2 aliphatic heterocycles. The Morgan fingerprint density at radius 3 is 2.53 bits per heavy atom. The van der Waals surface area contributed by atoms with Crippen molar-refractivity contribution in [3.05, 3.63) is 56.5 Å². The number of ether oxygens (including phenoxy) is 1. The lowest BCUT2D eigenvalue weighted by atomic mass is 9.63. The number of rotatable bonds is 3. The van der Waals surface area contributed by atoms with Crippen LogP contribution in [0.4, 0.5) is 5.95 Å². The molecule has 1 aromatic carbocycles. The van der Waals surface area contributed by atoms with E-state index in [4.69, 9.17) is 21.3 Å². The van der Waals surface area contributed by atoms with Gasteiger partial charge in [0.1, 0.15) is 0 Å². The van der Waals surface area contributed by atoms with Crippen LogP contribution in [0.3, 0.4) is 0 Å². The molecule has 5 rings (SSSR count). The SMILES string of the molecule is O=C(N1CCc2c(nc(N3CCOCC3)[nH]c2=O)C1)C1(c2ccc(Cl)cc2)CCC1. The number of fused-ring (bicyclic) bond motifs is 1. The minimum Gasteiger partial charge on any atom is -0.378 e. The highest BCUT2D eigenvalue weighted by atomic mass is 35.5. The van der Waals surface area contributed by atoms with Gasteiger partial charge in [-0.15, -0.1) is 0 Å². The third-order valence-corrected chi connectivity index (χ3v) is 6.92. The van der Waals surface area contributed by atoms with Gasteiger partial charge in [-0.25, -0.2) is 4.98 Å². The first kappa shape index (κ1) is 19.6. The van der Waals surface area contributed by atoms with Crippen molar-refractivity contribution in [3.8, 4) is 0 Å². The Kier molecular flexibility index (Phi) is 5.03. The summed E-state index contributed by atoms with van der Waals surface area (Å²) in [7, 11) is 0. The fourth-order valence-corrected chi connectivity index (χ4v) is 4.88. The predicted octanol–water partition coefficient (Wildman–Crippen LogP) is 2.27. The molecular weight excluding hydrogens is 404 g/mol. The Hall–Kier alpha value is -2.38. The summed E-state index contributed by atoms with van der Waals surface area (Å²) in [5.41, 5.74) is 1.87. The van der Waals surface area contributed by atoms with Crippen LogP contribution < -0.4 is 10.5 Å². The summed E-state index contributed by atoms with van der Waals surface area (Å²) in [4.78, 5) is 37.9. The molecule has 0 radical (unpaired) electrons. The molecule has 0 spiro atoms. The van der Waals surface area contributed by atoms with E-state index in [2.05, 4.69) is 4.98 Å². The number of nitrogens with zero attached hydrogens (tertiary/aromatic N) is 3. The number of hydrogen-bond acceptors (Lipinski definition) is 5. The minimum atomic E-state index is -0.476. The van der Waals surface area contributed by atoms with Gasteiger partial charge in [0.15, 0.2) is 0 Å². The van der Waals surface area contributed by atoms with Gasteiger partial charge < -0.3 is 14.5 Å². The molecule has 1 N–H and O–H groups in total. The smallest absolute Gasteiger partial charge is 0.255 e. The molecule has 30 heavy (non-hydrogen) atoms. The average Bonchev–Trinajstić information content (AvgIpc) is 2.74. The quantitative estimate of drug-likeness (QED) is 0.811. The summed E-state index contributed by atoms with van der Waals surface area (Å²) in [6.45, 7) is 3.56. The van der Waals surface area contributed by atoms with E-state index in [0.29, 0.717) is 68.0 Å². The fraction of sp³-hybridized carbons (Fsp3) is 0.500. The van der Waals surface area contributed by atoms with E-state index < -0.39 is 5.41 Å². The van der Waals surface area contributed by atoms with Crippen LogP contribution >= 0.6 is 11.6 Å².